The molecule has 0 radical (unpaired) electrons. The fourth-order valence-corrected chi connectivity index (χ4v) is 8.85. The van der Waals surface area contributed by atoms with Crippen molar-refractivity contribution in [1.82, 2.24) is 0 Å². The van der Waals surface area contributed by atoms with E-state index in [0.29, 0.717) is 5.41 Å². The van der Waals surface area contributed by atoms with Crippen LogP contribution < -0.4 is 0 Å². The van der Waals surface area contributed by atoms with Gasteiger partial charge in [0.2, 0.25) is 0 Å². The van der Waals surface area contributed by atoms with Crippen LogP contribution in [0.3, 0.4) is 0 Å². The number of hydrogen-bond acceptors (Lipinski definition) is 1. The second-order valence-corrected chi connectivity index (χ2v) is 11.9. The fourth-order valence-electron chi connectivity index (χ4n) is 8.85. The number of fused-ring (bicyclic) bond motifs is 5. The summed E-state index contributed by atoms with van der Waals surface area (Å²) >= 11 is 0. The Bertz CT molecular complexity index is 498. The van der Waals surface area contributed by atoms with Gasteiger partial charge in [-0.1, -0.05) is 47.0 Å². The molecule has 27 heavy (non-hydrogen) atoms. The molecular weight excluding hydrogens is 328 g/mol. The minimum atomic E-state index is 0.0132. The Labute approximate surface area is 169 Å². The van der Waals surface area contributed by atoms with Crippen LogP contribution >= 0.6 is 0 Å². The quantitative estimate of drug-likeness (QED) is 0.545. The summed E-state index contributed by atoms with van der Waals surface area (Å²) in [5.41, 5.74) is 0.638. The highest BCUT2D eigenvalue weighted by Crippen LogP contribution is 2.65. The molecule has 1 heteroatoms. The molecule has 4 aliphatic rings. The Morgan fingerprint density at radius 1 is 0.852 bits per heavy atom. The third kappa shape index (κ3) is 3.76. The van der Waals surface area contributed by atoms with Gasteiger partial charge in [0, 0.05) is 0 Å². The van der Waals surface area contributed by atoms with E-state index in [0.717, 1.165) is 60.2 Å². The van der Waals surface area contributed by atoms with Gasteiger partial charge < -0.3 is 5.11 Å². The summed E-state index contributed by atoms with van der Waals surface area (Å²) in [6.07, 6.45) is 16.8. The Hall–Kier alpha value is -0.0400. The molecule has 4 aliphatic carbocycles. The topological polar surface area (TPSA) is 20.2 Å². The van der Waals surface area contributed by atoms with E-state index in [9.17, 15) is 5.11 Å². The lowest BCUT2D eigenvalue weighted by Crippen LogP contribution is -2.49. The fraction of sp³-hybridized carbons (Fsp3) is 1.00. The lowest BCUT2D eigenvalue weighted by Gasteiger charge is -2.56. The maximum atomic E-state index is 10.1. The Morgan fingerprint density at radius 3 is 2.41 bits per heavy atom. The first-order chi connectivity index (χ1) is 12.9. The van der Waals surface area contributed by atoms with Gasteiger partial charge >= 0.3 is 0 Å². The van der Waals surface area contributed by atoms with Gasteiger partial charge in [0.15, 0.2) is 0 Å². The third-order valence-corrected chi connectivity index (χ3v) is 10.1. The number of aliphatic hydroxyl groups is 1. The molecule has 156 valence electrons. The molecule has 0 heterocycles. The Morgan fingerprint density at radius 2 is 1.63 bits per heavy atom. The van der Waals surface area contributed by atoms with Gasteiger partial charge in [-0.05, 0) is 111 Å². The maximum absolute atomic E-state index is 10.1. The zero-order valence-corrected chi connectivity index (χ0v) is 18.6. The molecule has 0 aromatic heterocycles. The third-order valence-electron chi connectivity index (χ3n) is 10.1. The van der Waals surface area contributed by atoms with E-state index >= 15 is 0 Å². The van der Waals surface area contributed by atoms with Crippen LogP contribution in [0.5, 0.6) is 0 Å². The van der Waals surface area contributed by atoms with Crippen LogP contribution in [0.15, 0.2) is 0 Å². The van der Waals surface area contributed by atoms with Crippen molar-refractivity contribution in [3.8, 4) is 0 Å². The van der Waals surface area contributed by atoms with Crippen LogP contribution in [0.1, 0.15) is 105 Å². The summed E-state index contributed by atoms with van der Waals surface area (Å²) in [7, 11) is 0. The van der Waals surface area contributed by atoms with E-state index < -0.39 is 0 Å². The highest BCUT2D eigenvalue weighted by Gasteiger charge is 2.57. The van der Waals surface area contributed by atoms with Gasteiger partial charge in [-0.15, -0.1) is 0 Å². The Kier molecular flexibility index (Phi) is 6.00. The molecule has 4 unspecified atom stereocenters. The summed E-state index contributed by atoms with van der Waals surface area (Å²) in [6.45, 7) is 10.0. The second kappa shape index (κ2) is 8.00. The van der Waals surface area contributed by atoms with Gasteiger partial charge in [0.25, 0.3) is 0 Å². The van der Waals surface area contributed by atoms with Gasteiger partial charge in [-0.3, -0.25) is 0 Å². The minimum absolute atomic E-state index is 0.0132. The van der Waals surface area contributed by atoms with Crippen LogP contribution in [0.4, 0.5) is 0 Å². The molecule has 0 aliphatic heterocycles. The van der Waals surface area contributed by atoms with Crippen molar-refractivity contribution in [3.63, 3.8) is 0 Å². The normalized spacial score (nSPS) is 48.0. The van der Waals surface area contributed by atoms with E-state index in [1.54, 1.807) is 0 Å². The summed E-state index contributed by atoms with van der Waals surface area (Å²) in [6, 6.07) is 0. The SMILES string of the molecule is CC(C)CCCC(C)[C@H]1CCC2[C@@H]3CCC4C[C@@H](O)CC[C@@H]4C3CC[C@@]21C. The molecule has 0 spiro atoms. The molecule has 4 fully saturated rings. The summed E-state index contributed by atoms with van der Waals surface area (Å²) in [5.74, 6) is 7.63. The van der Waals surface area contributed by atoms with Crippen LogP contribution in [0.25, 0.3) is 0 Å². The monoisotopic (exact) mass is 374 g/mol. The summed E-state index contributed by atoms with van der Waals surface area (Å²) < 4.78 is 0. The van der Waals surface area contributed by atoms with Crippen molar-refractivity contribution < 1.29 is 5.11 Å². The molecule has 4 saturated carbocycles. The number of rotatable bonds is 5. The molecule has 9 atom stereocenters. The van der Waals surface area contributed by atoms with Crippen molar-refractivity contribution in [2.24, 2.45) is 52.8 Å². The summed E-state index contributed by atoms with van der Waals surface area (Å²) in [5, 5.41) is 10.1. The van der Waals surface area contributed by atoms with Crippen molar-refractivity contribution >= 4 is 0 Å². The van der Waals surface area contributed by atoms with E-state index in [2.05, 4.69) is 27.7 Å². The molecular formula is C26H46O. The zero-order chi connectivity index (χ0) is 19.2. The first-order valence-electron chi connectivity index (χ1n) is 12.6. The van der Waals surface area contributed by atoms with Crippen molar-refractivity contribution in [2.45, 2.75) is 111 Å². The van der Waals surface area contributed by atoms with Gasteiger partial charge in [0.1, 0.15) is 0 Å². The highest BCUT2D eigenvalue weighted by molar-refractivity contribution is 5.06. The smallest absolute Gasteiger partial charge is 0.0543 e. The van der Waals surface area contributed by atoms with Crippen LogP contribution in [0.2, 0.25) is 0 Å². The molecule has 0 aromatic carbocycles. The highest BCUT2D eigenvalue weighted by atomic mass is 16.3. The van der Waals surface area contributed by atoms with Crippen molar-refractivity contribution in [1.29, 1.82) is 0 Å². The van der Waals surface area contributed by atoms with Gasteiger partial charge in [-0.2, -0.15) is 0 Å². The average Bonchev–Trinajstić information content (AvgIpc) is 2.98. The summed E-state index contributed by atoms with van der Waals surface area (Å²) in [4.78, 5) is 0. The van der Waals surface area contributed by atoms with E-state index in [4.69, 9.17) is 0 Å². The molecule has 1 nitrogen and oxygen atoms in total. The predicted molar refractivity (Wildman–Crippen MR) is 114 cm³/mol. The standard InChI is InChI=1S/C26H46O/c1-17(2)6-5-7-18(3)24-12-13-25-23-10-8-19-16-20(27)9-11-21(19)22(23)14-15-26(24,25)4/h17-25,27H,5-16H2,1-4H3/t18?,19?,20-,21-,22?,23+,24+,25?,26+/m0/s1. The van der Waals surface area contributed by atoms with Gasteiger partial charge in [-0.25, -0.2) is 0 Å². The number of hydrogen-bond donors (Lipinski definition) is 1. The largest absolute Gasteiger partial charge is 0.393 e. The second-order valence-electron chi connectivity index (χ2n) is 11.9. The van der Waals surface area contributed by atoms with Crippen LogP contribution in [-0.4, -0.2) is 11.2 Å². The lowest BCUT2D eigenvalue weighted by atomic mass is 9.49. The molecule has 0 saturated heterocycles. The average molecular weight is 375 g/mol. The molecule has 0 aromatic rings. The van der Waals surface area contributed by atoms with E-state index in [1.165, 1.54) is 64.2 Å². The van der Waals surface area contributed by atoms with E-state index in [1.807, 2.05) is 0 Å². The number of aliphatic hydroxyl groups excluding tert-OH is 1. The maximum Gasteiger partial charge on any atom is 0.0543 e. The Balaban J connectivity index is 1.42. The van der Waals surface area contributed by atoms with Crippen LogP contribution in [0, 0.1) is 52.8 Å². The lowest BCUT2D eigenvalue weighted by molar-refractivity contribution is -0.0821. The van der Waals surface area contributed by atoms with Crippen LogP contribution in [-0.2, 0) is 0 Å². The first kappa shape index (κ1) is 20.2. The predicted octanol–water partition coefficient (Wildman–Crippen LogP) is 7.08. The van der Waals surface area contributed by atoms with Crippen molar-refractivity contribution in [3.05, 3.63) is 0 Å². The first-order valence-corrected chi connectivity index (χ1v) is 12.6. The molecule has 0 amide bonds. The minimum Gasteiger partial charge on any atom is -0.393 e. The zero-order valence-electron chi connectivity index (χ0n) is 18.6. The molecule has 0 bridgehead atoms. The molecule has 1 N–H and O–H groups in total. The van der Waals surface area contributed by atoms with Crippen molar-refractivity contribution in [2.75, 3.05) is 0 Å². The van der Waals surface area contributed by atoms with Gasteiger partial charge in [0.05, 0.1) is 6.10 Å². The van der Waals surface area contributed by atoms with E-state index in [-0.39, 0.29) is 6.10 Å². The molecule has 4 rings (SSSR count).